The van der Waals surface area contributed by atoms with Crippen molar-refractivity contribution in [2.75, 3.05) is 0 Å². The molecule has 0 amide bonds. The molecule has 0 aliphatic heterocycles. The summed E-state index contributed by atoms with van der Waals surface area (Å²) in [6.07, 6.45) is 0. The molecule has 0 saturated heterocycles. The van der Waals surface area contributed by atoms with Crippen molar-refractivity contribution < 1.29 is 12.4 Å². The summed E-state index contributed by atoms with van der Waals surface area (Å²) < 4.78 is 0. The minimum absolute atomic E-state index is 0. The van der Waals surface area contributed by atoms with Crippen molar-refractivity contribution in [1.29, 1.82) is 21.0 Å². The van der Waals surface area contributed by atoms with Crippen LogP contribution < -0.4 is 6.15 Å². The number of hydrogen-bond acceptors (Lipinski definition) is 4. The Bertz CT molecular complexity index is 206. The number of nitrogens with zero attached hydrogens (tertiary/aromatic N) is 4. The Kier molecular flexibility index (Phi) is 4.84. The summed E-state index contributed by atoms with van der Waals surface area (Å²) in [7, 11) is 0. The van der Waals surface area contributed by atoms with Crippen LogP contribution in [-0.4, -0.2) is 0 Å². The first kappa shape index (κ1) is 11.2. The second kappa shape index (κ2) is 4.31. The van der Waals surface area contributed by atoms with Gasteiger partial charge in [0.25, 0.3) is 0 Å². The maximum Gasteiger partial charge on any atom is -0.369 e. The van der Waals surface area contributed by atoms with Gasteiger partial charge < -0.3 is 6.15 Å². The Hall–Kier alpha value is -1.59. The van der Waals surface area contributed by atoms with Gasteiger partial charge in [0.15, 0.2) is 0 Å². The molecule has 0 aromatic heterocycles. The van der Waals surface area contributed by atoms with E-state index in [-0.39, 0.29) is 6.15 Å². The third-order valence-corrected chi connectivity index (χ3v) is 1.75. The Morgan fingerprint density at radius 1 is 0.700 bits per heavy atom. The Labute approximate surface area is 60.4 Å². The molecule has 0 aliphatic carbocycles. The quantitative estimate of drug-likeness (QED) is 0.542. The van der Waals surface area contributed by atoms with Crippen LogP contribution in [0, 0.1) is 41.2 Å². The SMILES string of the molecule is N#[C][Ni-]([C]#N)([C]#N)[C]#N.[NH4+]. The summed E-state index contributed by atoms with van der Waals surface area (Å²) in [6, 6.07) is 0. The fourth-order valence-corrected chi connectivity index (χ4v) is 0.391. The standard InChI is InChI=1S/4CN.H3N.Ni/c4*1-2;;/h;;;;1H3;/q;;;;;-1/p+1. The molecule has 0 rings (SSSR count). The van der Waals surface area contributed by atoms with Gasteiger partial charge >= 0.3 is 53.6 Å². The van der Waals surface area contributed by atoms with Gasteiger partial charge in [0.2, 0.25) is 0 Å². The van der Waals surface area contributed by atoms with Gasteiger partial charge in [-0.05, 0) is 0 Å². The summed E-state index contributed by atoms with van der Waals surface area (Å²) in [4.78, 5) is 0. The predicted molar refractivity (Wildman–Crippen MR) is 28.4 cm³/mol. The molecule has 0 spiro atoms. The van der Waals surface area contributed by atoms with Crippen molar-refractivity contribution in [1.82, 2.24) is 6.15 Å². The monoisotopic (exact) mass is 180 g/mol. The van der Waals surface area contributed by atoms with Crippen LogP contribution in [0.4, 0.5) is 0 Å². The average Bonchev–Trinajstić information content (AvgIpc) is 1.95. The molecule has 6 heteroatoms. The van der Waals surface area contributed by atoms with Crippen molar-refractivity contribution in [3.63, 3.8) is 0 Å². The third kappa shape index (κ3) is 1.73. The van der Waals surface area contributed by atoms with Gasteiger partial charge in [-0.15, -0.1) is 0 Å². The van der Waals surface area contributed by atoms with Crippen LogP contribution in [0.1, 0.15) is 0 Å². The van der Waals surface area contributed by atoms with Crippen molar-refractivity contribution in [2.24, 2.45) is 0 Å². The maximum atomic E-state index is 8.10. The normalized spacial score (nSPS) is 8.40. The number of hydrogen-bond donors (Lipinski definition) is 1. The van der Waals surface area contributed by atoms with Gasteiger partial charge in [-0.2, -0.15) is 0 Å². The van der Waals surface area contributed by atoms with Crippen molar-refractivity contribution in [2.45, 2.75) is 0 Å². The van der Waals surface area contributed by atoms with Gasteiger partial charge in [-0.1, -0.05) is 0 Å². The Morgan fingerprint density at radius 3 is 0.900 bits per heavy atom. The molecule has 55 valence electrons. The van der Waals surface area contributed by atoms with E-state index in [0.29, 0.717) is 0 Å². The first-order valence-corrected chi connectivity index (χ1v) is 3.50. The smallest absolute Gasteiger partial charge is 0.369 e. The van der Waals surface area contributed by atoms with Crippen molar-refractivity contribution >= 4 is 0 Å². The topological polar surface area (TPSA) is 132 Å². The molecule has 0 aliphatic rings. The zero-order valence-electron chi connectivity index (χ0n) is 5.11. The molecule has 5 nitrogen and oxygen atoms in total. The molecule has 0 radical (unpaired) electrons. The number of nitriles is 4. The van der Waals surface area contributed by atoms with E-state index >= 15 is 0 Å². The van der Waals surface area contributed by atoms with E-state index in [1.54, 1.807) is 0 Å². The van der Waals surface area contributed by atoms with Crippen LogP contribution in [0.15, 0.2) is 0 Å². The second-order valence-electron chi connectivity index (χ2n) is 0.757. The Balaban J connectivity index is 0. The van der Waals surface area contributed by atoms with Crippen LogP contribution in [-0.2, 0) is 12.4 Å². The van der Waals surface area contributed by atoms with E-state index in [9.17, 15) is 0 Å². The van der Waals surface area contributed by atoms with Crippen LogP contribution in [0.25, 0.3) is 0 Å². The molecule has 10 heavy (non-hydrogen) atoms. The molecule has 0 atom stereocenters. The molecule has 4 N–H and O–H groups in total. The van der Waals surface area contributed by atoms with Gasteiger partial charge in [0.1, 0.15) is 0 Å². The van der Waals surface area contributed by atoms with E-state index in [2.05, 4.69) is 0 Å². The molecule has 0 aromatic carbocycles. The summed E-state index contributed by atoms with van der Waals surface area (Å²) in [5.41, 5.74) is 0. The molecule has 0 aromatic rings. The third-order valence-electron chi connectivity index (χ3n) is 0.424. The van der Waals surface area contributed by atoms with Gasteiger partial charge in [0, 0.05) is 0 Å². The van der Waals surface area contributed by atoms with Gasteiger partial charge in [-0.3, -0.25) is 0 Å². The fourth-order valence-electron chi connectivity index (χ4n) is 0.0949. The van der Waals surface area contributed by atoms with E-state index in [1.807, 2.05) is 0 Å². The van der Waals surface area contributed by atoms with E-state index < -0.39 is 12.4 Å². The maximum absolute atomic E-state index is 8.10. The van der Waals surface area contributed by atoms with Gasteiger partial charge in [-0.25, -0.2) is 0 Å². The summed E-state index contributed by atoms with van der Waals surface area (Å²) in [5, 5.41) is 37.9. The first-order chi connectivity index (χ1) is 4.24. The minimum atomic E-state index is -3.03. The molecule has 0 bridgehead atoms. The van der Waals surface area contributed by atoms with Crippen molar-refractivity contribution in [3.8, 4) is 20.2 Å². The summed E-state index contributed by atoms with van der Waals surface area (Å²) in [6.45, 7) is 0. The number of rotatable bonds is 0. The average molecular weight is 181 g/mol. The fraction of sp³-hybridized carbons (Fsp3) is 0. The molecular formula is C4H4N5Ni. The molecule has 0 unspecified atom stereocenters. The first-order valence-electron chi connectivity index (χ1n) is 1.53. The Morgan fingerprint density at radius 2 is 0.900 bits per heavy atom. The van der Waals surface area contributed by atoms with Crippen LogP contribution >= 0.6 is 0 Å². The largest absolute Gasteiger partial charge is 0.369 e. The molecular weight excluding hydrogens is 177 g/mol. The van der Waals surface area contributed by atoms with Crippen LogP contribution in [0.2, 0.25) is 0 Å². The molecule has 0 heterocycles. The van der Waals surface area contributed by atoms with Crippen molar-refractivity contribution in [3.05, 3.63) is 0 Å². The minimum Gasteiger partial charge on any atom is -0.369 e. The van der Waals surface area contributed by atoms with Crippen LogP contribution in [0.3, 0.4) is 0 Å². The van der Waals surface area contributed by atoms with E-state index in [0.717, 1.165) is 0 Å². The summed E-state index contributed by atoms with van der Waals surface area (Å²) >= 11 is -3.03. The zero-order chi connectivity index (χ0) is 7.33. The van der Waals surface area contributed by atoms with Gasteiger partial charge in [0.05, 0.1) is 0 Å². The zero-order valence-corrected chi connectivity index (χ0v) is 6.09. The van der Waals surface area contributed by atoms with E-state index in [1.165, 1.54) is 20.2 Å². The summed E-state index contributed by atoms with van der Waals surface area (Å²) in [5.74, 6) is 0. The predicted octanol–water partition coefficient (Wildman–Crippen LogP) is 0.441. The molecule has 0 fully saturated rings. The van der Waals surface area contributed by atoms with Crippen LogP contribution in [0.5, 0.6) is 0 Å². The second-order valence-corrected chi connectivity index (χ2v) is 3.12. The van der Waals surface area contributed by atoms with E-state index in [4.69, 9.17) is 21.0 Å². The molecule has 0 saturated carbocycles. The number of quaternary nitrogens is 1.